The Bertz CT molecular complexity index is 2700. The molecule has 2 saturated heterocycles. The van der Waals surface area contributed by atoms with Crippen molar-refractivity contribution in [3.63, 3.8) is 0 Å². The Kier molecular flexibility index (Phi) is 15.9. The summed E-state index contributed by atoms with van der Waals surface area (Å²) in [5.74, 6) is 2.22. The van der Waals surface area contributed by atoms with E-state index < -0.39 is 64.7 Å². The van der Waals surface area contributed by atoms with Gasteiger partial charge in [0.1, 0.15) is 18.1 Å². The van der Waals surface area contributed by atoms with Crippen molar-refractivity contribution in [1.29, 1.82) is 0 Å². The Morgan fingerprint density at radius 1 is 1.07 bits per heavy atom. The zero-order valence-electron chi connectivity index (χ0n) is 42.5. The van der Waals surface area contributed by atoms with Gasteiger partial charge in [-0.05, 0) is 106 Å². The lowest BCUT2D eigenvalue weighted by Gasteiger charge is -2.37. The number of pyridine rings is 1. The number of carbonyl (C=O) groups is 5. The Balaban J connectivity index is 1.26. The van der Waals surface area contributed by atoms with Crippen LogP contribution >= 0.6 is 0 Å². The molecule has 6 bridgehead atoms. The molecule has 3 N–H and O–H groups in total. The second kappa shape index (κ2) is 21.5. The number of likely N-dealkylation sites (tertiary alicyclic amines) is 1. The number of hydrazine groups is 1. The molecule has 374 valence electrons. The molecular formula is C54H70N8O8. The maximum Gasteiger partial charge on any atom is 0.324 e. The maximum absolute atomic E-state index is 14.8. The van der Waals surface area contributed by atoms with Crippen LogP contribution in [0.5, 0.6) is 0 Å². The van der Waals surface area contributed by atoms with Gasteiger partial charge in [-0.25, -0.2) is 5.43 Å². The summed E-state index contributed by atoms with van der Waals surface area (Å²) in [4.78, 5) is 79.7. The fourth-order valence-corrected chi connectivity index (χ4v) is 10.2. The van der Waals surface area contributed by atoms with Crippen LogP contribution in [0.1, 0.15) is 76.3 Å². The minimum Gasteiger partial charge on any atom is -0.464 e. The van der Waals surface area contributed by atoms with Crippen molar-refractivity contribution in [2.75, 3.05) is 61.0 Å². The van der Waals surface area contributed by atoms with E-state index in [-0.39, 0.29) is 39.1 Å². The van der Waals surface area contributed by atoms with Gasteiger partial charge in [-0.3, -0.25) is 38.9 Å². The van der Waals surface area contributed by atoms with Gasteiger partial charge in [0.15, 0.2) is 5.60 Å². The number of esters is 1. The Morgan fingerprint density at radius 2 is 1.84 bits per heavy atom. The van der Waals surface area contributed by atoms with Crippen molar-refractivity contribution in [1.82, 2.24) is 40.0 Å². The highest BCUT2D eigenvalue weighted by Gasteiger charge is 2.48. The van der Waals surface area contributed by atoms with E-state index in [2.05, 4.69) is 84.3 Å². The molecule has 0 aliphatic carbocycles. The second-order valence-corrected chi connectivity index (χ2v) is 20.6. The fraction of sp³-hybridized carbons (Fsp3) is 0.519. The summed E-state index contributed by atoms with van der Waals surface area (Å²) in [6.45, 7) is 13.6. The summed E-state index contributed by atoms with van der Waals surface area (Å²) in [7, 11) is 6.80. The highest BCUT2D eigenvalue weighted by molar-refractivity contribution is 5.98. The topological polar surface area (TPSA) is 179 Å². The van der Waals surface area contributed by atoms with Crippen LogP contribution in [0.2, 0.25) is 0 Å². The lowest BCUT2D eigenvalue weighted by molar-refractivity contribution is -0.156. The number of amides is 4. The van der Waals surface area contributed by atoms with Crippen molar-refractivity contribution >= 4 is 40.5 Å². The molecule has 16 nitrogen and oxygen atoms in total. The molecule has 0 radical (unpaired) electrons. The number of rotatable bonds is 10. The molecule has 4 aromatic rings. The average Bonchev–Trinajstić information content (AvgIpc) is 3.87. The third kappa shape index (κ3) is 11.2. The number of aromatic nitrogens is 2. The first-order chi connectivity index (χ1) is 33.2. The number of benzene rings is 2. The van der Waals surface area contributed by atoms with E-state index >= 15 is 0 Å². The average molecular weight is 959 g/mol. The molecule has 4 amide bonds. The minimum atomic E-state index is -1.94. The van der Waals surface area contributed by atoms with E-state index in [9.17, 15) is 29.1 Å². The Morgan fingerprint density at radius 3 is 2.56 bits per heavy atom. The monoisotopic (exact) mass is 959 g/mol. The van der Waals surface area contributed by atoms with E-state index in [0.717, 1.165) is 55.7 Å². The molecule has 16 heteroatoms. The standard InChI is InChI=1S/C54H70N8O8/c1-11-61-45-19-18-37-29-40(45)41(48(61)39-15-12-21-55-44(39)31-69-10)30-53(5,6)33-70-51(66)42-16-13-23-62(57-42)50(65)43(28-36-25-35(4)26-38(37)27-36)56-49(64)47(34(2)3)59(9)52(67)54(68)20-24-60(32-54)46(63)17-14-22-58(7)8/h12,15,18-19,21,25-27,29,34,42-43,47,57,68H,11,13,16,20,22-24,28,30-33H2,1-10H3,(H,56,64)/t42-,43-,47-,54+/m0/s1. The van der Waals surface area contributed by atoms with Crippen molar-refractivity contribution in [3.8, 4) is 34.2 Å². The zero-order chi connectivity index (χ0) is 50.7. The van der Waals surface area contributed by atoms with Crippen LogP contribution in [-0.4, -0.2) is 149 Å². The van der Waals surface area contributed by atoms with Crippen molar-refractivity contribution < 1.29 is 38.6 Å². The van der Waals surface area contributed by atoms with Crippen LogP contribution in [0.4, 0.5) is 0 Å². The predicted octanol–water partition coefficient (Wildman–Crippen LogP) is 4.50. The number of hydrogen-bond acceptors (Lipinski definition) is 11. The van der Waals surface area contributed by atoms with Gasteiger partial charge in [0, 0.05) is 74.7 Å². The number of carbonyl (C=O) groups excluding carboxylic acids is 5. The SMILES string of the molecule is CCn1c(-c2cccnc2COC)c2c3cc(ccc31)-c1cc(C)cc(c1)C[C@H](NC(=O)[C@H](C(C)C)N(C)C(=O)[C@@]1(O)CCN(C(=O)C#CCN(C)C)C1)C(=O)N1CCC[C@H](N1)C(=O)OCC(C)(C)C2. The Labute approximate surface area is 412 Å². The quantitative estimate of drug-likeness (QED) is 0.151. The molecule has 2 aromatic carbocycles. The number of aryl methyl sites for hydroxylation is 2. The number of hydrogen-bond donors (Lipinski definition) is 3. The third-order valence-corrected chi connectivity index (χ3v) is 13.6. The smallest absolute Gasteiger partial charge is 0.324 e. The summed E-state index contributed by atoms with van der Waals surface area (Å²) in [5.41, 5.74) is 9.32. The van der Waals surface area contributed by atoms with Gasteiger partial charge in [0.25, 0.3) is 17.7 Å². The molecule has 2 aromatic heterocycles. The van der Waals surface area contributed by atoms with E-state index in [1.807, 2.05) is 38.1 Å². The van der Waals surface area contributed by atoms with Crippen molar-refractivity contribution in [3.05, 3.63) is 77.1 Å². The van der Waals surface area contributed by atoms with Crippen LogP contribution in [-0.2, 0) is 59.4 Å². The molecule has 2 fully saturated rings. The molecular weight excluding hydrogens is 889 g/mol. The number of cyclic esters (lactones) is 1. The molecule has 0 saturated carbocycles. The summed E-state index contributed by atoms with van der Waals surface area (Å²) >= 11 is 0. The van der Waals surface area contributed by atoms with Crippen LogP contribution in [0, 0.1) is 30.1 Å². The zero-order valence-corrected chi connectivity index (χ0v) is 42.5. The molecule has 7 rings (SSSR count). The van der Waals surface area contributed by atoms with E-state index in [0.29, 0.717) is 39.0 Å². The van der Waals surface area contributed by atoms with Gasteiger partial charge in [-0.1, -0.05) is 63.4 Å². The number of methoxy groups -OCH3 is 1. The highest BCUT2D eigenvalue weighted by Crippen LogP contribution is 2.41. The van der Waals surface area contributed by atoms with E-state index in [4.69, 9.17) is 14.5 Å². The second-order valence-electron chi connectivity index (χ2n) is 20.6. The number of nitrogens with one attached hydrogen (secondary N) is 2. The van der Waals surface area contributed by atoms with Crippen LogP contribution in [0.25, 0.3) is 33.3 Å². The number of aliphatic hydroxyl groups is 1. The first-order valence-corrected chi connectivity index (χ1v) is 24.4. The summed E-state index contributed by atoms with van der Waals surface area (Å²) in [5, 5.41) is 17.2. The van der Waals surface area contributed by atoms with Gasteiger partial charge in [-0.2, -0.15) is 0 Å². The largest absolute Gasteiger partial charge is 0.464 e. The molecule has 0 unspecified atom stereocenters. The Hall–Kier alpha value is -6.12. The number of likely N-dealkylation sites (N-methyl/N-ethyl adjacent to an activating group) is 1. The fourth-order valence-electron chi connectivity index (χ4n) is 10.2. The molecule has 70 heavy (non-hydrogen) atoms. The normalized spacial score (nSPS) is 21.0. The summed E-state index contributed by atoms with van der Waals surface area (Å²) in [6.07, 6.45) is 3.37. The number of β-amino-alcohol motifs (C(OH)–C–C–N with tert-alkyl or cyclic N) is 1. The first kappa shape index (κ1) is 51.7. The van der Waals surface area contributed by atoms with E-state index in [1.54, 1.807) is 27.2 Å². The van der Waals surface area contributed by atoms with Crippen molar-refractivity contribution in [2.45, 2.75) is 111 Å². The molecule has 4 atom stereocenters. The van der Waals surface area contributed by atoms with Crippen LogP contribution in [0.15, 0.2) is 54.7 Å². The number of ether oxygens (including phenoxy) is 2. The number of fused-ring (bicyclic) bond motifs is 6. The third-order valence-electron chi connectivity index (χ3n) is 13.6. The van der Waals surface area contributed by atoms with E-state index in [1.165, 1.54) is 21.9 Å². The van der Waals surface area contributed by atoms with Gasteiger partial charge < -0.3 is 34.3 Å². The van der Waals surface area contributed by atoms with Gasteiger partial charge in [-0.15, -0.1) is 0 Å². The van der Waals surface area contributed by atoms with Gasteiger partial charge >= 0.3 is 5.97 Å². The molecule has 0 spiro atoms. The predicted molar refractivity (Wildman–Crippen MR) is 268 cm³/mol. The summed E-state index contributed by atoms with van der Waals surface area (Å²) < 4.78 is 14.1. The number of nitrogens with zero attached hydrogens (tertiary/aromatic N) is 6. The summed E-state index contributed by atoms with van der Waals surface area (Å²) in [6, 6.07) is 13.6. The maximum atomic E-state index is 14.8. The van der Waals surface area contributed by atoms with Crippen molar-refractivity contribution in [2.24, 2.45) is 11.3 Å². The molecule has 3 aliphatic heterocycles. The lowest BCUT2D eigenvalue weighted by Crippen LogP contribution is -2.63. The van der Waals surface area contributed by atoms with Crippen LogP contribution in [0.3, 0.4) is 0 Å². The molecule has 5 heterocycles. The molecule has 3 aliphatic rings. The minimum absolute atomic E-state index is 0.0259. The first-order valence-electron chi connectivity index (χ1n) is 24.4. The lowest BCUT2D eigenvalue weighted by atomic mass is 9.84. The van der Waals surface area contributed by atoms with Gasteiger partial charge in [0.2, 0.25) is 5.91 Å². The van der Waals surface area contributed by atoms with Crippen LogP contribution < -0.4 is 10.7 Å². The highest BCUT2D eigenvalue weighted by atomic mass is 16.5. The van der Waals surface area contributed by atoms with Gasteiger partial charge in [0.05, 0.1) is 37.7 Å².